The summed E-state index contributed by atoms with van der Waals surface area (Å²) in [7, 11) is 1.46. The summed E-state index contributed by atoms with van der Waals surface area (Å²) in [5, 5.41) is 21.5. The Morgan fingerprint density at radius 2 is 1.96 bits per heavy atom. The van der Waals surface area contributed by atoms with Gasteiger partial charge in [-0.1, -0.05) is 26.3 Å². The molecule has 28 heavy (non-hydrogen) atoms. The minimum atomic E-state index is -0.872. The molecule has 0 aliphatic heterocycles. The van der Waals surface area contributed by atoms with Crippen LogP contribution in [-0.2, 0) is 4.74 Å². The fourth-order valence-electron chi connectivity index (χ4n) is 5.06. The molecule has 1 aromatic carbocycles. The van der Waals surface area contributed by atoms with Crippen LogP contribution in [0.25, 0.3) is 0 Å². The number of carbonyl (C=O) groups excluding carboxylic acids is 1. The standard InChI is InChI=1S/C23H32O5/c1-14(2)23(26)11-10-22(4)9-8-15(3)12-19(20(22)23)28-21(25)16-6-7-18(27-5)17(24)13-16/h6-7,12-14,19-20,24,26H,8-11H2,1-5H3/t19-,20-,22-,23-/m1/s1. The fourth-order valence-corrected chi connectivity index (χ4v) is 5.06. The van der Waals surface area contributed by atoms with Gasteiger partial charge in [0, 0.05) is 5.92 Å². The Balaban J connectivity index is 1.94. The number of allylic oxidation sites excluding steroid dienone is 1. The third kappa shape index (κ3) is 3.52. The molecule has 5 nitrogen and oxygen atoms in total. The minimum Gasteiger partial charge on any atom is -0.504 e. The van der Waals surface area contributed by atoms with Crippen molar-refractivity contribution < 1.29 is 24.5 Å². The number of benzene rings is 1. The Kier molecular flexibility index (Phi) is 5.50. The predicted molar refractivity (Wildman–Crippen MR) is 107 cm³/mol. The van der Waals surface area contributed by atoms with Crippen molar-refractivity contribution in [2.75, 3.05) is 7.11 Å². The maximum atomic E-state index is 12.9. The van der Waals surface area contributed by atoms with Crippen molar-refractivity contribution in [1.82, 2.24) is 0 Å². The molecular weight excluding hydrogens is 356 g/mol. The molecule has 0 spiro atoms. The monoisotopic (exact) mass is 388 g/mol. The summed E-state index contributed by atoms with van der Waals surface area (Å²) >= 11 is 0. The number of aromatic hydroxyl groups is 1. The van der Waals surface area contributed by atoms with E-state index in [0.717, 1.165) is 25.7 Å². The van der Waals surface area contributed by atoms with Crippen LogP contribution in [0.2, 0.25) is 0 Å². The van der Waals surface area contributed by atoms with Gasteiger partial charge in [-0.15, -0.1) is 0 Å². The molecule has 5 heteroatoms. The Hall–Kier alpha value is -2.01. The zero-order valence-corrected chi connectivity index (χ0v) is 17.5. The molecule has 0 aromatic heterocycles. The number of phenols is 1. The molecule has 2 aliphatic carbocycles. The van der Waals surface area contributed by atoms with Crippen molar-refractivity contribution in [2.45, 2.75) is 65.1 Å². The first-order valence-corrected chi connectivity index (χ1v) is 10.1. The lowest BCUT2D eigenvalue weighted by Crippen LogP contribution is -2.49. The van der Waals surface area contributed by atoms with Crippen molar-refractivity contribution in [1.29, 1.82) is 0 Å². The summed E-state index contributed by atoms with van der Waals surface area (Å²) in [5.41, 5.74) is 0.488. The summed E-state index contributed by atoms with van der Waals surface area (Å²) in [6.07, 6.45) is 5.07. The van der Waals surface area contributed by atoms with Crippen molar-refractivity contribution in [3.8, 4) is 11.5 Å². The fraction of sp³-hybridized carbons (Fsp3) is 0.609. The molecule has 0 bridgehead atoms. The van der Waals surface area contributed by atoms with Crippen LogP contribution in [0.4, 0.5) is 0 Å². The Morgan fingerprint density at radius 1 is 1.25 bits per heavy atom. The van der Waals surface area contributed by atoms with Crippen LogP contribution in [-0.4, -0.2) is 35.0 Å². The lowest BCUT2D eigenvalue weighted by Gasteiger charge is -2.43. The van der Waals surface area contributed by atoms with Gasteiger partial charge in [-0.05, 0) is 68.2 Å². The summed E-state index contributed by atoms with van der Waals surface area (Å²) < 4.78 is 11.0. The number of ether oxygens (including phenoxy) is 2. The third-order valence-corrected chi connectivity index (χ3v) is 6.91. The molecule has 1 aromatic rings. The van der Waals surface area contributed by atoms with Gasteiger partial charge in [0.25, 0.3) is 0 Å². The second-order valence-corrected chi connectivity index (χ2v) is 9.05. The highest BCUT2D eigenvalue weighted by atomic mass is 16.5. The molecule has 154 valence electrons. The number of rotatable bonds is 4. The van der Waals surface area contributed by atoms with Crippen LogP contribution in [0.1, 0.15) is 63.7 Å². The first kappa shape index (κ1) is 20.7. The Labute approximate surface area is 167 Å². The molecule has 0 heterocycles. The zero-order valence-electron chi connectivity index (χ0n) is 17.5. The summed E-state index contributed by atoms with van der Waals surface area (Å²) in [4.78, 5) is 12.9. The van der Waals surface area contributed by atoms with Gasteiger partial charge in [0.05, 0.1) is 18.3 Å². The Bertz CT molecular complexity index is 783. The average Bonchev–Trinajstić information content (AvgIpc) is 2.84. The van der Waals surface area contributed by atoms with E-state index in [0.29, 0.717) is 5.75 Å². The van der Waals surface area contributed by atoms with E-state index in [-0.39, 0.29) is 28.6 Å². The van der Waals surface area contributed by atoms with E-state index < -0.39 is 17.7 Å². The highest BCUT2D eigenvalue weighted by molar-refractivity contribution is 5.90. The van der Waals surface area contributed by atoms with Crippen LogP contribution >= 0.6 is 0 Å². The van der Waals surface area contributed by atoms with Crippen LogP contribution < -0.4 is 4.74 Å². The largest absolute Gasteiger partial charge is 0.504 e. The minimum absolute atomic E-state index is 0.0670. The quantitative estimate of drug-likeness (QED) is 0.588. The van der Waals surface area contributed by atoms with E-state index in [9.17, 15) is 15.0 Å². The maximum absolute atomic E-state index is 12.9. The third-order valence-electron chi connectivity index (χ3n) is 6.91. The van der Waals surface area contributed by atoms with Crippen molar-refractivity contribution >= 4 is 5.97 Å². The number of methoxy groups -OCH3 is 1. The van der Waals surface area contributed by atoms with E-state index in [1.807, 2.05) is 19.9 Å². The van der Waals surface area contributed by atoms with E-state index in [1.165, 1.54) is 18.7 Å². The van der Waals surface area contributed by atoms with Crippen LogP contribution in [0.15, 0.2) is 29.8 Å². The van der Waals surface area contributed by atoms with E-state index in [1.54, 1.807) is 12.1 Å². The maximum Gasteiger partial charge on any atom is 0.338 e. The molecule has 0 radical (unpaired) electrons. The number of carbonyl (C=O) groups is 1. The van der Waals surface area contributed by atoms with Gasteiger partial charge in [0.2, 0.25) is 0 Å². The van der Waals surface area contributed by atoms with Crippen LogP contribution in [0, 0.1) is 17.3 Å². The molecule has 0 amide bonds. The van der Waals surface area contributed by atoms with Gasteiger partial charge < -0.3 is 19.7 Å². The summed E-state index contributed by atoms with van der Waals surface area (Å²) in [5.74, 6) is -0.395. The van der Waals surface area contributed by atoms with Crippen molar-refractivity contribution in [2.24, 2.45) is 17.3 Å². The molecular formula is C23H32O5. The highest BCUT2D eigenvalue weighted by Gasteiger charge is 2.59. The Morgan fingerprint density at radius 3 is 2.57 bits per heavy atom. The number of phenolic OH excluding ortho intramolecular Hbond substituents is 1. The van der Waals surface area contributed by atoms with Crippen molar-refractivity contribution in [3.05, 3.63) is 35.4 Å². The molecule has 1 fully saturated rings. The first-order valence-electron chi connectivity index (χ1n) is 10.1. The molecule has 0 unspecified atom stereocenters. The molecule has 0 saturated heterocycles. The second-order valence-electron chi connectivity index (χ2n) is 9.05. The van der Waals surface area contributed by atoms with Crippen LogP contribution in [0.5, 0.6) is 11.5 Å². The molecule has 3 rings (SSSR count). The van der Waals surface area contributed by atoms with E-state index >= 15 is 0 Å². The smallest absolute Gasteiger partial charge is 0.338 e. The number of hydrogen-bond donors (Lipinski definition) is 2. The van der Waals surface area contributed by atoms with Gasteiger partial charge in [-0.3, -0.25) is 0 Å². The SMILES string of the molecule is COc1ccc(C(=O)O[C@@H]2C=C(C)CC[C@]3(C)CC[C@@](O)(C(C)C)[C@H]23)cc1O. The topological polar surface area (TPSA) is 76.0 Å². The first-order chi connectivity index (χ1) is 13.1. The molecule has 4 atom stereocenters. The lowest BCUT2D eigenvalue weighted by molar-refractivity contribution is -0.102. The average molecular weight is 389 g/mol. The highest BCUT2D eigenvalue weighted by Crippen LogP contribution is 2.58. The number of hydrogen-bond acceptors (Lipinski definition) is 5. The van der Waals surface area contributed by atoms with Crippen LogP contribution in [0.3, 0.4) is 0 Å². The second kappa shape index (κ2) is 7.43. The zero-order chi connectivity index (χ0) is 20.7. The molecule has 2 N–H and O–H groups in total. The van der Waals surface area contributed by atoms with E-state index in [2.05, 4.69) is 13.8 Å². The molecule has 2 aliphatic rings. The van der Waals surface area contributed by atoms with Gasteiger partial charge in [0.1, 0.15) is 6.10 Å². The molecule has 1 saturated carbocycles. The van der Waals surface area contributed by atoms with Gasteiger partial charge in [0.15, 0.2) is 11.5 Å². The normalized spacial score (nSPS) is 32.5. The number of esters is 1. The predicted octanol–water partition coefficient (Wildman–Crippen LogP) is 4.47. The van der Waals surface area contributed by atoms with Gasteiger partial charge >= 0.3 is 5.97 Å². The lowest BCUT2D eigenvalue weighted by atomic mass is 9.68. The van der Waals surface area contributed by atoms with Gasteiger partial charge in [-0.25, -0.2) is 4.79 Å². The summed E-state index contributed by atoms with van der Waals surface area (Å²) in [6.45, 7) is 8.34. The van der Waals surface area contributed by atoms with Gasteiger partial charge in [-0.2, -0.15) is 0 Å². The number of fused-ring (bicyclic) bond motifs is 1. The summed E-state index contributed by atoms with van der Waals surface area (Å²) in [6, 6.07) is 4.48. The van der Waals surface area contributed by atoms with Crippen molar-refractivity contribution in [3.63, 3.8) is 0 Å². The number of aliphatic hydroxyl groups is 1. The van der Waals surface area contributed by atoms with E-state index in [4.69, 9.17) is 9.47 Å².